The number of aromatic nitrogens is 2. The molecule has 2 amide bonds. The summed E-state index contributed by atoms with van der Waals surface area (Å²) in [7, 11) is 1.56. The first-order valence-corrected chi connectivity index (χ1v) is 10.4. The van der Waals surface area contributed by atoms with Crippen molar-refractivity contribution in [1.82, 2.24) is 10.2 Å². The molecular weight excluding hydrogens is 428 g/mol. The molecule has 1 aliphatic rings. The summed E-state index contributed by atoms with van der Waals surface area (Å²) in [5.41, 5.74) is 2.50. The van der Waals surface area contributed by atoms with Crippen molar-refractivity contribution in [2.75, 3.05) is 25.6 Å². The van der Waals surface area contributed by atoms with Gasteiger partial charge in [-0.2, -0.15) is 0 Å². The first-order chi connectivity index (χ1) is 15.9. The summed E-state index contributed by atoms with van der Waals surface area (Å²) < 4.78 is 16.9. The molecule has 1 aromatic heterocycles. The van der Waals surface area contributed by atoms with Gasteiger partial charge in [-0.1, -0.05) is 17.7 Å². The Bertz CT molecular complexity index is 1130. The number of methoxy groups -OCH3 is 1. The van der Waals surface area contributed by atoms with Gasteiger partial charge in [0.2, 0.25) is 11.6 Å². The Morgan fingerprint density at radius 1 is 1.24 bits per heavy atom. The van der Waals surface area contributed by atoms with E-state index in [1.54, 1.807) is 43.5 Å². The van der Waals surface area contributed by atoms with E-state index in [1.165, 1.54) is 9.58 Å². The highest BCUT2D eigenvalue weighted by Gasteiger charge is 2.34. The molecule has 1 N–H and O–H groups in total. The molecule has 3 aromatic rings. The molecule has 0 saturated carbocycles. The van der Waals surface area contributed by atoms with Crippen LogP contribution in [0.15, 0.2) is 53.1 Å². The molecule has 0 aliphatic carbocycles. The minimum Gasteiger partial charge on any atom is -0.539 e. The normalized spacial score (nSPS) is 16.0. The van der Waals surface area contributed by atoms with Crippen LogP contribution in [0.3, 0.4) is 0 Å². The molecule has 0 radical (unpaired) electrons. The van der Waals surface area contributed by atoms with Crippen LogP contribution in [0.1, 0.15) is 17.7 Å². The largest absolute Gasteiger partial charge is 0.539 e. The highest BCUT2D eigenvalue weighted by Crippen LogP contribution is 2.19. The van der Waals surface area contributed by atoms with Crippen molar-refractivity contribution in [3.8, 4) is 17.4 Å². The predicted molar refractivity (Wildman–Crippen MR) is 114 cm³/mol. The van der Waals surface area contributed by atoms with E-state index in [0.717, 1.165) is 5.56 Å². The molecule has 1 atom stereocenters. The lowest BCUT2D eigenvalue weighted by molar-refractivity contribution is -0.678. The van der Waals surface area contributed by atoms with Crippen LogP contribution in [0.25, 0.3) is 5.69 Å². The molecule has 1 fully saturated rings. The van der Waals surface area contributed by atoms with Crippen LogP contribution in [0, 0.1) is 6.92 Å². The van der Waals surface area contributed by atoms with Crippen LogP contribution in [0.2, 0.25) is 0 Å². The summed E-state index contributed by atoms with van der Waals surface area (Å²) >= 11 is 0. The number of hydrogen-bond acceptors (Lipinski definition) is 7. The third-order valence-electron chi connectivity index (χ3n) is 5.33. The minimum atomic E-state index is -0.936. The van der Waals surface area contributed by atoms with Crippen LogP contribution in [-0.4, -0.2) is 48.4 Å². The molecule has 1 unspecified atom stereocenters. The number of morpholine rings is 1. The highest BCUT2D eigenvalue weighted by molar-refractivity contribution is 5.95. The topological polar surface area (TPSA) is 121 Å². The van der Waals surface area contributed by atoms with Crippen molar-refractivity contribution in [1.29, 1.82) is 0 Å². The number of benzene rings is 2. The number of hydrogen-bond donors (Lipinski definition) is 1. The molecule has 4 rings (SSSR count). The van der Waals surface area contributed by atoms with Gasteiger partial charge in [-0.05, 0) is 35.9 Å². The molecule has 0 spiro atoms. The van der Waals surface area contributed by atoms with Gasteiger partial charge in [0.05, 0.1) is 25.4 Å². The van der Waals surface area contributed by atoms with E-state index in [0.29, 0.717) is 17.1 Å². The number of nitrogens with zero attached hydrogens (tertiary/aromatic N) is 3. The van der Waals surface area contributed by atoms with Crippen LogP contribution in [0.4, 0.5) is 5.69 Å². The lowest BCUT2D eigenvalue weighted by Crippen LogP contribution is -2.50. The van der Waals surface area contributed by atoms with Crippen LogP contribution >= 0.6 is 0 Å². The molecule has 10 heteroatoms. The predicted octanol–water partition coefficient (Wildman–Crippen LogP) is 1.10. The molecule has 2 heterocycles. The Labute approximate surface area is 190 Å². The number of amides is 2. The second kappa shape index (κ2) is 9.70. The summed E-state index contributed by atoms with van der Waals surface area (Å²) in [5, 5.41) is 18.9. The van der Waals surface area contributed by atoms with Crippen molar-refractivity contribution in [3.63, 3.8) is 0 Å². The second-order valence-corrected chi connectivity index (χ2v) is 7.65. The van der Waals surface area contributed by atoms with E-state index in [1.807, 2.05) is 19.1 Å². The number of anilines is 1. The maximum atomic E-state index is 13.0. The molecule has 172 valence electrons. The Kier molecular flexibility index (Phi) is 6.55. The second-order valence-electron chi connectivity index (χ2n) is 7.65. The molecule has 10 nitrogen and oxygen atoms in total. The summed E-state index contributed by atoms with van der Waals surface area (Å²) in [5.74, 6) is -0.690. The lowest BCUT2D eigenvalue weighted by atomic mass is 10.1. The first-order valence-electron chi connectivity index (χ1n) is 10.4. The fourth-order valence-corrected chi connectivity index (χ4v) is 3.52. The van der Waals surface area contributed by atoms with Gasteiger partial charge in [0.15, 0.2) is 5.95 Å². The number of ether oxygens (including phenoxy) is 2. The van der Waals surface area contributed by atoms with Gasteiger partial charge in [0, 0.05) is 24.4 Å². The van der Waals surface area contributed by atoms with Crippen molar-refractivity contribution < 1.29 is 33.4 Å². The van der Waals surface area contributed by atoms with E-state index < -0.39 is 12.1 Å². The van der Waals surface area contributed by atoms with Crippen molar-refractivity contribution in [3.05, 3.63) is 59.8 Å². The Morgan fingerprint density at radius 3 is 2.67 bits per heavy atom. The van der Waals surface area contributed by atoms with Crippen molar-refractivity contribution >= 4 is 17.5 Å². The molecule has 33 heavy (non-hydrogen) atoms. The van der Waals surface area contributed by atoms with Gasteiger partial charge in [-0.3, -0.25) is 9.59 Å². The van der Waals surface area contributed by atoms with Crippen molar-refractivity contribution in [2.24, 2.45) is 0 Å². The average Bonchev–Trinajstić information content (AvgIpc) is 3.18. The lowest BCUT2D eigenvalue weighted by Gasteiger charge is -2.31. The average molecular weight is 452 g/mol. The van der Waals surface area contributed by atoms with Crippen molar-refractivity contribution in [2.45, 2.75) is 26.0 Å². The van der Waals surface area contributed by atoms with Gasteiger partial charge in [0.25, 0.3) is 11.6 Å². The smallest absolute Gasteiger partial charge is 0.259 e. The van der Waals surface area contributed by atoms with E-state index in [4.69, 9.17) is 14.0 Å². The summed E-state index contributed by atoms with van der Waals surface area (Å²) in [6.07, 6.45) is -1.07. The maximum absolute atomic E-state index is 13.0. The standard InChI is InChI=1S/C23H24N4O6/c1-15-3-5-16(6-4-15)24-21(28)13-20-22(29)26(11-12-32-20)14-19-23(30)33-25-27(19)17-7-9-18(31-2)10-8-17/h3-10,20H,11-14H2,1-2H3,(H-,24,25,28,30). The van der Waals surface area contributed by atoms with Gasteiger partial charge in [-0.15, -0.1) is 0 Å². The Hall–Kier alpha value is -3.92. The quantitative estimate of drug-likeness (QED) is 0.533. The highest BCUT2D eigenvalue weighted by atomic mass is 16.6. The van der Waals surface area contributed by atoms with Gasteiger partial charge < -0.3 is 29.3 Å². The summed E-state index contributed by atoms with van der Waals surface area (Å²) in [6, 6.07) is 14.3. The fourth-order valence-electron chi connectivity index (χ4n) is 3.52. The third kappa shape index (κ3) is 5.12. The molecule has 0 bridgehead atoms. The number of aryl methyl sites for hydroxylation is 1. The number of carbonyl (C=O) groups is 2. The summed E-state index contributed by atoms with van der Waals surface area (Å²) in [6.45, 7) is 2.46. The van der Waals surface area contributed by atoms with E-state index in [2.05, 4.69) is 10.6 Å². The van der Waals surface area contributed by atoms with Crippen LogP contribution in [-0.2, 0) is 20.9 Å². The first kappa shape index (κ1) is 22.3. The molecule has 2 aromatic carbocycles. The minimum absolute atomic E-state index is 0.0212. The van der Waals surface area contributed by atoms with Gasteiger partial charge >= 0.3 is 0 Å². The monoisotopic (exact) mass is 452 g/mol. The molecule has 1 saturated heterocycles. The summed E-state index contributed by atoms with van der Waals surface area (Å²) in [4.78, 5) is 26.9. The number of nitrogens with one attached hydrogen (secondary N) is 1. The SMILES string of the molecule is COc1ccc(-[n+]2noc([O-])c2CN2CCOC(CC(=O)Nc3ccc(C)cc3)C2=O)cc1. The van der Waals surface area contributed by atoms with Gasteiger partial charge in [0.1, 0.15) is 18.4 Å². The zero-order chi connectivity index (χ0) is 23.4. The van der Waals surface area contributed by atoms with E-state index in [-0.39, 0.29) is 43.6 Å². The van der Waals surface area contributed by atoms with E-state index >= 15 is 0 Å². The Balaban J connectivity index is 1.44. The van der Waals surface area contributed by atoms with Crippen LogP contribution < -0.4 is 19.8 Å². The molecular formula is C23H24N4O6. The number of rotatable bonds is 7. The fraction of sp³-hybridized carbons (Fsp3) is 0.304. The van der Waals surface area contributed by atoms with Gasteiger partial charge in [-0.25, -0.2) is 0 Å². The zero-order valence-electron chi connectivity index (χ0n) is 18.3. The number of carbonyl (C=O) groups excluding carboxylic acids is 2. The third-order valence-corrected chi connectivity index (χ3v) is 5.33. The molecule has 1 aliphatic heterocycles. The van der Waals surface area contributed by atoms with Crippen LogP contribution in [0.5, 0.6) is 11.7 Å². The maximum Gasteiger partial charge on any atom is 0.259 e. The Morgan fingerprint density at radius 2 is 1.97 bits per heavy atom. The van der Waals surface area contributed by atoms with E-state index in [9.17, 15) is 14.7 Å². The zero-order valence-corrected chi connectivity index (χ0v) is 18.3.